The number of carbonyl (C=O) groups excluding carboxylic acids is 3. The smallest absolute Gasteiger partial charge is 0.337 e. The predicted octanol–water partition coefficient (Wildman–Crippen LogP) is 6.98. The quantitative estimate of drug-likeness (QED) is 0.139. The van der Waals surface area contributed by atoms with E-state index in [1.54, 1.807) is 36.3 Å². The molecule has 1 atom stereocenters. The molecular formula is C30H42IN3O6S. The van der Waals surface area contributed by atoms with Gasteiger partial charge in [-0.2, -0.15) is 0 Å². The first-order chi connectivity index (χ1) is 19.6. The summed E-state index contributed by atoms with van der Waals surface area (Å²) >= 11 is 3.18. The van der Waals surface area contributed by atoms with E-state index in [-0.39, 0.29) is 11.8 Å². The van der Waals surface area contributed by atoms with Crippen LogP contribution in [-0.2, 0) is 16.8 Å². The molecule has 0 aliphatic rings. The minimum Gasteiger partial charge on any atom is -0.496 e. The highest BCUT2D eigenvalue weighted by Crippen LogP contribution is 2.33. The standard InChI is InChI=1S/C17H24N2O4.C11H12INO2S.C2H6/c1-5-11-19(6-2)16(21)15(18-12(3)20)13-7-9-14(10-8-13)17(22)23-4;1-7-6-10(14-3)8(2)9-4-5-13(11(7)9)16-15-12;1-2/h7-10,15H,5-6,11H2,1-4H3,(H,18,20);4-6H,1-3H3;1-2H3. The second-order valence-corrected chi connectivity index (χ2v) is 10.5. The summed E-state index contributed by atoms with van der Waals surface area (Å²) in [7, 11) is 3.01. The third kappa shape index (κ3) is 9.93. The number of fused-ring (bicyclic) bond motifs is 1. The van der Waals surface area contributed by atoms with Crippen LogP contribution in [0.25, 0.3) is 10.9 Å². The molecule has 41 heavy (non-hydrogen) atoms. The molecule has 1 unspecified atom stereocenters. The molecule has 0 saturated carbocycles. The molecule has 3 aromatic rings. The molecule has 0 spiro atoms. The van der Waals surface area contributed by atoms with Crippen molar-refractivity contribution in [1.82, 2.24) is 14.2 Å². The van der Waals surface area contributed by atoms with Crippen molar-refractivity contribution in [3.05, 3.63) is 64.8 Å². The fraction of sp³-hybridized carbons (Fsp3) is 0.433. The average Bonchev–Trinajstić information content (AvgIpc) is 3.42. The van der Waals surface area contributed by atoms with Gasteiger partial charge in [-0.05, 0) is 62.6 Å². The Morgan fingerprint density at radius 2 is 1.71 bits per heavy atom. The highest BCUT2D eigenvalue weighted by molar-refractivity contribution is 14.1. The van der Waals surface area contributed by atoms with Crippen molar-refractivity contribution in [3.63, 3.8) is 0 Å². The number of ether oxygens (including phenoxy) is 2. The van der Waals surface area contributed by atoms with Crippen molar-refractivity contribution in [2.24, 2.45) is 0 Å². The molecule has 9 nitrogen and oxygen atoms in total. The van der Waals surface area contributed by atoms with Crippen LogP contribution in [0.3, 0.4) is 0 Å². The summed E-state index contributed by atoms with van der Waals surface area (Å²) in [4.78, 5) is 37.3. The molecular weight excluding hydrogens is 657 g/mol. The zero-order valence-corrected chi connectivity index (χ0v) is 28.3. The first-order valence-electron chi connectivity index (χ1n) is 13.5. The molecule has 11 heteroatoms. The summed E-state index contributed by atoms with van der Waals surface area (Å²) in [6.45, 7) is 14.6. The first-order valence-corrected chi connectivity index (χ1v) is 15.1. The molecule has 2 aromatic carbocycles. The Morgan fingerprint density at radius 3 is 2.20 bits per heavy atom. The van der Waals surface area contributed by atoms with E-state index in [4.69, 9.17) is 7.25 Å². The zero-order valence-electron chi connectivity index (χ0n) is 25.4. The molecule has 0 fully saturated rings. The Bertz CT molecular complexity index is 1280. The van der Waals surface area contributed by atoms with Gasteiger partial charge in [-0.3, -0.25) is 13.6 Å². The Kier molecular flexibility index (Phi) is 16.5. The average molecular weight is 700 g/mol. The van der Waals surface area contributed by atoms with Crippen molar-refractivity contribution in [1.29, 1.82) is 0 Å². The van der Waals surface area contributed by atoms with Crippen LogP contribution in [0.4, 0.5) is 0 Å². The van der Waals surface area contributed by atoms with Crippen LogP contribution in [0.1, 0.15) is 74.1 Å². The summed E-state index contributed by atoms with van der Waals surface area (Å²) in [5.74, 6) is 0.0478. The molecule has 3 rings (SSSR count). The van der Waals surface area contributed by atoms with Gasteiger partial charge in [-0.25, -0.2) is 7.31 Å². The van der Waals surface area contributed by atoms with E-state index in [9.17, 15) is 14.4 Å². The number of esters is 1. The number of carbonyl (C=O) groups is 3. The molecule has 1 aromatic heterocycles. The lowest BCUT2D eigenvalue weighted by molar-refractivity contribution is -0.136. The molecule has 1 N–H and O–H groups in total. The number of nitrogens with one attached hydrogen (secondary N) is 1. The monoisotopic (exact) mass is 699 g/mol. The Hall–Kier alpha value is -2.77. The van der Waals surface area contributed by atoms with Crippen LogP contribution in [-0.4, -0.2) is 54.0 Å². The van der Waals surface area contributed by atoms with E-state index in [0.29, 0.717) is 24.2 Å². The van der Waals surface area contributed by atoms with Gasteiger partial charge in [0.2, 0.25) is 11.8 Å². The molecule has 0 aliphatic heterocycles. The van der Waals surface area contributed by atoms with E-state index in [1.807, 2.05) is 60.9 Å². The van der Waals surface area contributed by atoms with Gasteiger partial charge in [0, 0.05) is 37.2 Å². The number of nitrogens with zero attached hydrogens (tertiary/aromatic N) is 2. The number of benzene rings is 2. The molecule has 0 radical (unpaired) electrons. The topological polar surface area (TPSA) is 99.1 Å². The van der Waals surface area contributed by atoms with Gasteiger partial charge in [-0.15, -0.1) is 0 Å². The van der Waals surface area contributed by atoms with Crippen LogP contribution in [0.2, 0.25) is 0 Å². The third-order valence-electron chi connectivity index (χ3n) is 6.12. The van der Waals surface area contributed by atoms with E-state index in [2.05, 4.69) is 36.0 Å². The summed E-state index contributed by atoms with van der Waals surface area (Å²) in [6.07, 6.45) is 2.85. The minimum absolute atomic E-state index is 0.157. The zero-order chi connectivity index (χ0) is 31.1. The largest absolute Gasteiger partial charge is 0.496 e. The van der Waals surface area contributed by atoms with Crippen LogP contribution in [0, 0.1) is 13.8 Å². The number of methoxy groups -OCH3 is 2. The number of likely N-dealkylation sites (N-methyl/N-ethyl adjacent to an activating group) is 1. The molecule has 0 saturated heterocycles. The second-order valence-electron chi connectivity index (χ2n) is 8.73. The summed E-state index contributed by atoms with van der Waals surface area (Å²) in [6, 6.07) is 9.86. The van der Waals surface area contributed by atoms with Gasteiger partial charge < -0.3 is 19.7 Å². The third-order valence-corrected chi connectivity index (χ3v) is 7.13. The predicted molar refractivity (Wildman–Crippen MR) is 174 cm³/mol. The van der Waals surface area contributed by atoms with E-state index in [0.717, 1.165) is 17.7 Å². The van der Waals surface area contributed by atoms with Gasteiger partial charge in [0.25, 0.3) is 0 Å². The number of rotatable bonds is 10. The second kappa shape index (κ2) is 18.6. The lowest BCUT2D eigenvalue weighted by atomic mass is 10.0. The minimum atomic E-state index is -0.759. The fourth-order valence-corrected chi connectivity index (χ4v) is 5.22. The van der Waals surface area contributed by atoms with Crippen LogP contribution >= 0.6 is 35.2 Å². The number of halogens is 1. The van der Waals surface area contributed by atoms with Crippen molar-refractivity contribution in [3.8, 4) is 5.75 Å². The molecule has 2 amide bonds. The van der Waals surface area contributed by atoms with Crippen molar-refractivity contribution in [2.45, 2.75) is 60.9 Å². The summed E-state index contributed by atoms with van der Waals surface area (Å²) in [5, 5.41) is 3.89. The molecule has 1 heterocycles. The molecule has 0 aliphatic carbocycles. The van der Waals surface area contributed by atoms with Gasteiger partial charge in [-0.1, -0.05) is 32.9 Å². The van der Waals surface area contributed by atoms with E-state index < -0.39 is 12.0 Å². The van der Waals surface area contributed by atoms with Crippen molar-refractivity contribution < 1.29 is 26.4 Å². The highest BCUT2D eigenvalue weighted by Gasteiger charge is 2.26. The number of hydrogen-bond donors (Lipinski definition) is 1. The van der Waals surface area contributed by atoms with Gasteiger partial charge >= 0.3 is 5.97 Å². The van der Waals surface area contributed by atoms with Gasteiger partial charge in [0.1, 0.15) is 47.0 Å². The summed E-state index contributed by atoms with van der Waals surface area (Å²) in [5.41, 5.74) is 4.55. The molecule has 0 bridgehead atoms. The SMILES string of the molecule is CC.CCCN(CC)C(=O)C(NC(C)=O)c1ccc(C(=O)OC)cc1.COc1cc(C)c2c(ccn2SOI)c1C. The van der Waals surface area contributed by atoms with Crippen LogP contribution in [0.5, 0.6) is 5.75 Å². The van der Waals surface area contributed by atoms with Crippen molar-refractivity contribution in [2.75, 3.05) is 27.3 Å². The number of aromatic nitrogens is 1. The Morgan fingerprint density at radius 1 is 1.07 bits per heavy atom. The van der Waals surface area contributed by atoms with E-state index >= 15 is 0 Å². The van der Waals surface area contributed by atoms with Crippen molar-refractivity contribution >= 4 is 63.9 Å². The highest BCUT2D eigenvalue weighted by atomic mass is 127. The maximum Gasteiger partial charge on any atom is 0.337 e. The maximum absolute atomic E-state index is 12.7. The lowest BCUT2D eigenvalue weighted by Gasteiger charge is -2.26. The Labute approximate surface area is 262 Å². The fourth-order valence-electron chi connectivity index (χ4n) is 4.21. The molecule has 226 valence electrons. The maximum atomic E-state index is 12.7. The van der Waals surface area contributed by atoms with E-state index in [1.165, 1.54) is 42.7 Å². The summed E-state index contributed by atoms with van der Waals surface area (Å²) < 4.78 is 17.1. The van der Waals surface area contributed by atoms with Gasteiger partial charge in [0.05, 0.1) is 25.3 Å². The van der Waals surface area contributed by atoms with Gasteiger partial charge in [0.15, 0.2) is 0 Å². The number of hydrogen-bond acceptors (Lipinski definition) is 7. The number of aryl methyl sites for hydroxylation is 2. The van der Waals surface area contributed by atoms with Crippen LogP contribution in [0.15, 0.2) is 42.6 Å². The number of amides is 2. The lowest BCUT2D eigenvalue weighted by Crippen LogP contribution is -2.42. The first kappa shape index (κ1) is 36.3. The Balaban J connectivity index is 0.000000407. The normalized spacial score (nSPS) is 10.9. The van der Waals surface area contributed by atoms with Crippen LogP contribution < -0.4 is 10.1 Å².